The third-order valence-corrected chi connectivity index (χ3v) is 3.76. The highest BCUT2D eigenvalue weighted by Crippen LogP contribution is 2.29. The minimum Gasteiger partial charge on any atom is -0.384 e. The Balaban J connectivity index is 3.35. The molecule has 0 aliphatic carbocycles. The zero-order valence-electron chi connectivity index (χ0n) is 13.5. The van der Waals surface area contributed by atoms with E-state index in [0.717, 1.165) is 30.6 Å². The van der Waals surface area contributed by atoms with Gasteiger partial charge in [-0.25, -0.2) is 0 Å². The molecule has 0 amide bonds. The van der Waals surface area contributed by atoms with Gasteiger partial charge in [-0.15, -0.1) is 0 Å². The fourth-order valence-electron chi connectivity index (χ4n) is 2.80. The largest absolute Gasteiger partial charge is 0.384 e. The van der Waals surface area contributed by atoms with Crippen LogP contribution in [0.15, 0.2) is 18.2 Å². The van der Waals surface area contributed by atoms with Gasteiger partial charge >= 0.3 is 0 Å². The Morgan fingerprint density at radius 3 is 2.30 bits per heavy atom. The van der Waals surface area contributed by atoms with E-state index in [9.17, 15) is 0 Å². The number of nitrogen functional groups attached to an aromatic ring is 1. The summed E-state index contributed by atoms with van der Waals surface area (Å²) in [5.74, 6) is 0.735. The monoisotopic (exact) mass is 275 g/mol. The Morgan fingerprint density at radius 1 is 1.25 bits per heavy atom. The van der Waals surface area contributed by atoms with Crippen LogP contribution < -0.4 is 10.6 Å². The third kappa shape index (κ3) is 3.75. The molecule has 1 rings (SSSR count). The van der Waals surface area contributed by atoms with Crippen LogP contribution in [-0.4, -0.2) is 18.4 Å². The summed E-state index contributed by atoms with van der Waals surface area (Å²) in [6, 6.07) is 6.55. The number of hydrogen-bond donors (Lipinski definition) is 2. The van der Waals surface area contributed by atoms with Gasteiger partial charge in [0.05, 0.1) is 5.69 Å². The van der Waals surface area contributed by atoms with Crippen molar-refractivity contribution in [1.82, 2.24) is 0 Å². The second-order valence-corrected chi connectivity index (χ2v) is 5.90. The molecule has 0 saturated carbocycles. The maximum absolute atomic E-state index is 7.85. The highest BCUT2D eigenvalue weighted by molar-refractivity contribution is 6.01. The molecule has 0 atom stereocenters. The quantitative estimate of drug-likeness (QED) is 0.585. The van der Waals surface area contributed by atoms with Crippen LogP contribution in [0.25, 0.3) is 0 Å². The molecule has 0 aromatic heterocycles. The van der Waals surface area contributed by atoms with Gasteiger partial charge in [-0.3, -0.25) is 5.41 Å². The van der Waals surface area contributed by atoms with Gasteiger partial charge in [-0.2, -0.15) is 0 Å². The van der Waals surface area contributed by atoms with Gasteiger partial charge in [0.1, 0.15) is 5.84 Å². The summed E-state index contributed by atoms with van der Waals surface area (Å²) in [5, 5.41) is 7.85. The Kier molecular flexibility index (Phi) is 6.05. The lowest BCUT2D eigenvalue weighted by Crippen LogP contribution is -2.39. The summed E-state index contributed by atoms with van der Waals surface area (Å²) in [5.41, 5.74) is 8.99. The molecule has 0 spiro atoms. The number of nitrogens with two attached hydrogens (primary N) is 1. The second kappa shape index (κ2) is 7.32. The number of aryl methyl sites for hydroxylation is 1. The molecule has 0 aliphatic heterocycles. The first-order valence-corrected chi connectivity index (χ1v) is 7.62. The van der Waals surface area contributed by atoms with Crippen molar-refractivity contribution in [2.24, 2.45) is 11.7 Å². The molecule has 3 N–H and O–H groups in total. The van der Waals surface area contributed by atoms with Crippen molar-refractivity contribution in [2.45, 2.75) is 53.5 Å². The summed E-state index contributed by atoms with van der Waals surface area (Å²) in [4.78, 5) is 2.46. The number of benzene rings is 1. The average Bonchev–Trinajstić information content (AvgIpc) is 2.38. The minimum absolute atomic E-state index is 0.156. The van der Waals surface area contributed by atoms with Crippen LogP contribution in [0.2, 0.25) is 0 Å². The van der Waals surface area contributed by atoms with Gasteiger partial charge in [-0.05, 0) is 37.3 Å². The van der Waals surface area contributed by atoms with Crippen molar-refractivity contribution in [3.05, 3.63) is 29.3 Å². The van der Waals surface area contributed by atoms with Crippen LogP contribution in [0.5, 0.6) is 0 Å². The van der Waals surface area contributed by atoms with Crippen LogP contribution in [0.1, 0.15) is 51.7 Å². The van der Waals surface area contributed by atoms with Crippen molar-refractivity contribution in [3.63, 3.8) is 0 Å². The zero-order chi connectivity index (χ0) is 15.3. The van der Waals surface area contributed by atoms with E-state index in [2.05, 4.69) is 45.6 Å². The number of hydrogen-bond acceptors (Lipinski definition) is 2. The second-order valence-electron chi connectivity index (χ2n) is 5.90. The maximum atomic E-state index is 7.85. The van der Waals surface area contributed by atoms with Crippen molar-refractivity contribution < 1.29 is 0 Å². The van der Waals surface area contributed by atoms with Crippen molar-refractivity contribution in [1.29, 1.82) is 5.41 Å². The highest BCUT2D eigenvalue weighted by atomic mass is 15.2. The maximum Gasteiger partial charge on any atom is 0.124 e. The first-order chi connectivity index (χ1) is 9.42. The Morgan fingerprint density at radius 2 is 1.85 bits per heavy atom. The number of nitrogens with one attached hydrogen (secondary N) is 1. The zero-order valence-corrected chi connectivity index (χ0v) is 13.5. The summed E-state index contributed by atoms with van der Waals surface area (Å²) < 4.78 is 0. The standard InChI is InChI=1S/C17H29N3/c1-6-14(7-2)20(11-12(3)4)16-13(5)9-8-10-15(16)17(18)19/h8-10,12,14H,6-7,11H2,1-5H3,(H3,18,19). The summed E-state index contributed by atoms with van der Waals surface area (Å²) in [7, 11) is 0. The Labute approximate surface area is 123 Å². The fourth-order valence-corrected chi connectivity index (χ4v) is 2.80. The van der Waals surface area contributed by atoms with E-state index >= 15 is 0 Å². The van der Waals surface area contributed by atoms with E-state index < -0.39 is 0 Å². The van der Waals surface area contributed by atoms with Crippen LogP contribution in [0.4, 0.5) is 5.69 Å². The van der Waals surface area contributed by atoms with Gasteiger partial charge in [0.2, 0.25) is 0 Å². The lowest BCUT2D eigenvalue weighted by molar-refractivity contribution is 0.506. The molecule has 0 aliphatic rings. The number of nitrogens with zero attached hydrogens (tertiary/aromatic N) is 1. The minimum atomic E-state index is 0.156. The van der Waals surface area contributed by atoms with Crippen LogP contribution in [0, 0.1) is 18.3 Å². The predicted molar refractivity (Wildman–Crippen MR) is 88.7 cm³/mol. The molecule has 1 aromatic rings. The summed E-state index contributed by atoms with van der Waals surface area (Å²) in [6.07, 6.45) is 2.21. The lowest BCUT2D eigenvalue weighted by atomic mass is 10.00. The molecule has 0 saturated heterocycles. The predicted octanol–water partition coefficient (Wildman–Crippen LogP) is 3.93. The van der Waals surface area contributed by atoms with E-state index in [1.54, 1.807) is 0 Å². The Hall–Kier alpha value is -1.51. The molecule has 0 heterocycles. The normalized spacial score (nSPS) is 11.2. The molecule has 1 aromatic carbocycles. The van der Waals surface area contributed by atoms with Crippen LogP contribution >= 0.6 is 0 Å². The number of para-hydroxylation sites is 1. The SMILES string of the molecule is CCC(CC)N(CC(C)C)c1c(C)cccc1C(=N)N. The molecule has 3 heteroatoms. The molecule has 20 heavy (non-hydrogen) atoms. The van der Waals surface area contributed by atoms with E-state index in [0.29, 0.717) is 12.0 Å². The van der Waals surface area contributed by atoms with Crippen LogP contribution in [-0.2, 0) is 0 Å². The van der Waals surface area contributed by atoms with Crippen molar-refractivity contribution in [2.75, 3.05) is 11.4 Å². The number of anilines is 1. The molecule has 3 nitrogen and oxygen atoms in total. The molecule has 0 unspecified atom stereocenters. The third-order valence-electron chi connectivity index (χ3n) is 3.76. The van der Waals surface area contributed by atoms with Crippen molar-refractivity contribution >= 4 is 11.5 Å². The molecule has 0 bridgehead atoms. The molecule has 0 fully saturated rings. The molecular formula is C17H29N3. The van der Waals surface area contributed by atoms with E-state index in [4.69, 9.17) is 11.1 Å². The van der Waals surface area contributed by atoms with E-state index in [1.807, 2.05) is 12.1 Å². The van der Waals surface area contributed by atoms with Gasteiger partial charge in [0.15, 0.2) is 0 Å². The summed E-state index contributed by atoms with van der Waals surface area (Å²) >= 11 is 0. The fraction of sp³-hybridized carbons (Fsp3) is 0.588. The van der Waals surface area contributed by atoms with Gasteiger partial charge in [0, 0.05) is 18.2 Å². The van der Waals surface area contributed by atoms with Gasteiger partial charge in [0.25, 0.3) is 0 Å². The van der Waals surface area contributed by atoms with Crippen LogP contribution in [0.3, 0.4) is 0 Å². The smallest absolute Gasteiger partial charge is 0.124 e. The van der Waals surface area contributed by atoms with E-state index in [1.165, 1.54) is 5.56 Å². The molecule has 112 valence electrons. The first-order valence-electron chi connectivity index (χ1n) is 7.62. The Bertz CT molecular complexity index is 448. The summed E-state index contributed by atoms with van der Waals surface area (Å²) in [6.45, 7) is 12.0. The highest BCUT2D eigenvalue weighted by Gasteiger charge is 2.22. The number of rotatable bonds is 7. The van der Waals surface area contributed by atoms with Gasteiger partial charge in [-0.1, -0.05) is 39.8 Å². The van der Waals surface area contributed by atoms with Gasteiger partial charge < -0.3 is 10.6 Å². The number of amidine groups is 1. The molecular weight excluding hydrogens is 246 g/mol. The molecule has 0 radical (unpaired) electrons. The van der Waals surface area contributed by atoms with Crippen molar-refractivity contribution in [3.8, 4) is 0 Å². The average molecular weight is 275 g/mol. The topological polar surface area (TPSA) is 53.1 Å². The van der Waals surface area contributed by atoms with E-state index in [-0.39, 0.29) is 5.84 Å². The lowest BCUT2D eigenvalue weighted by Gasteiger charge is -2.36. The first kappa shape index (κ1) is 16.5.